The molecule has 1 heterocycles. The van der Waals surface area contributed by atoms with Gasteiger partial charge in [0.15, 0.2) is 0 Å². The number of nitrogens with one attached hydrogen (secondary N) is 1. The zero-order valence-electron chi connectivity index (χ0n) is 10.1. The van der Waals surface area contributed by atoms with E-state index in [2.05, 4.69) is 21.2 Å². The second-order valence-corrected chi connectivity index (χ2v) is 7.23. The standard InChI is InChI=1S/C11H14BrN3O3S/c12-9-6-8(13)2-3-10(9)14-11(16)7-15-4-1-5-19(15,17)18/h2-3,6H,1,4-5,7,13H2,(H,14,16). The van der Waals surface area contributed by atoms with Crippen molar-refractivity contribution in [2.45, 2.75) is 6.42 Å². The van der Waals surface area contributed by atoms with Crippen LogP contribution in [-0.2, 0) is 14.8 Å². The van der Waals surface area contributed by atoms with Gasteiger partial charge in [-0.05, 0) is 40.5 Å². The molecule has 1 saturated heterocycles. The van der Waals surface area contributed by atoms with Crippen LogP contribution in [0.1, 0.15) is 6.42 Å². The molecule has 1 aromatic carbocycles. The SMILES string of the molecule is Nc1ccc(NC(=O)CN2CCCS2(=O)=O)c(Br)c1. The summed E-state index contributed by atoms with van der Waals surface area (Å²) in [6, 6.07) is 4.99. The highest BCUT2D eigenvalue weighted by Crippen LogP contribution is 2.24. The van der Waals surface area contributed by atoms with Crippen molar-refractivity contribution in [3.05, 3.63) is 22.7 Å². The first-order valence-electron chi connectivity index (χ1n) is 5.71. The second kappa shape index (κ2) is 5.48. The Bertz CT molecular complexity index is 603. The molecule has 1 aliphatic heterocycles. The van der Waals surface area contributed by atoms with Gasteiger partial charge in [0.1, 0.15) is 0 Å². The van der Waals surface area contributed by atoms with Gasteiger partial charge in [-0.1, -0.05) is 0 Å². The summed E-state index contributed by atoms with van der Waals surface area (Å²) in [6.45, 7) is 0.248. The quantitative estimate of drug-likeness (QED) is 0.798. The number of hydrogen-bond acceptors (Lipinski definition) is 4. The van der Waals surface area contributed by atoms with Crippen molar-refractivity contribution in [1.29, 1.82) is 0 Å². The first-order valence-corrected chi connectivity index (χ1v) is 8.11. The number of benzene rings is 1. The third-order valence-electron chi connectivity index (χ3n) is 2.79. The highest BCUT2D eigenvalue weighted by atomic mass is 79.9. The van der Waals surface area contributed by atoms with Gasteiger partial charge in [-0.25, -0.2) is 8.42 Å². The van der Waals surface area contributed by atoms with Crippen molar-refractivity contribution in [2.24, 2.45) is 0 Å². The number of halogens is 1. The van der Waals surface area contributed by atoms with Crippen LogP contribution < -0.4 is 11.1 Å². The van der Waals surface area contributed by atoms with Gasteiger partial charge < -0.3 is 11.1 Å². The number of nitrogens with two attached hydrogens (primary N) is 1. The Kier molecular flexibility index (Phi) is 4.12. The second-order valence-electron chi connectivity index (χ2n) is 4.29. The van der Waals surface area contributed by atoms with Gasteiger partial charge in [0.2, 0.25) is 15.9 Å². The summed E-state index contributed by atoms with van der Waals surface area (Å²) >= 11 is 3.28. The molecule has 0 aliphatic carbocycles. The van der Waals surface area contributed by atoms with Gasteiger partial charge in [-0.3, -0.25) is 4.79 Å². The molecule has 1 amide bonds. The van der Waals surface area contributed by atoms with E-state index in [1.165, 1.54) is 4.31 Å². The zero-order chi connectivity index (χ0) is 14.0. The molecule has 8 heteroatoms. The summed E-state index contributed by atoms with van der Waals surface area (Å²) in [4.78, 5) is 11.8. The van der Waals surface area contributed by atoms with Crippen molar-refractivity contribution < 1.29 is 13.2 Å². The fourth-order valence-corrected chi connectivity index (χ4v) is 3.82. The topological polar surface area (TPSA) is 92.5 Å². The molecule has 19 heavy (non-hydrogen) atoms. The number of sulfonamides is 1. The lowest BCUT2D eigenvalue weighted by molar-refractivity contribution is -0.116. The van der Waals surface area contributed by atoms with Gasteiger partial charge >= 0.3 is 0 Å². The average Bonchev–Trinajstić information content (AvgIpc) is 2.62. The molecule has 0 spiro atoms. The van der Waals surface area contributed by atoms with E-state index in [-0.39, 0.29) is 18.2 Å². The Morgan fingerprint density at radius 1 is 1.47 bits per heavy atom. The van der Waals surface area contributed by atoms with E-state index in [1.807, 2.05) is 0 Å². The fourth-order valence-electron chi connectivity index (χ4n) is 1.85. The largest absolute Gasteiger partial charge is 0.399 e. The first kappa shape index (κ1) is 14.3. The maximum atomic E-state index is 11.8. The summed E-state index contributed by atoms with van der Waals surface area (Å²) in [5.41, 5.74) is 6.74. The Labute approximate surface area is 120 Å². The normalized spacial score (nSPS) is 18.4. The van der Waals surface area contributed by atoms with Crippen LogP contribution in [0.4, 0.5) is 11.4 Å². The fraction of sp³-hybridized carbons (Fsp3) is 0.364. The van der Waals surface area contributed by atoms with Crippen LogP contribution in [0, 0.1) is 0 Å². The number of nitrogen functional groups attached to an aromatic ring is 1. The number of carbonyl (C=O) groups excluding carboxylic acids is 1. The Morgan fingerprint density at radius 3 is 2.79 bits per heavy atom. The van der Waals surface area contributed by atoms with Crippen molar-refractivity contribution >= 4 is 43.2 Å². The van der Waals surface area contributed by atoms with Gasteiger partial charge in [-0.2, -0.15) is 4.31 Å². The number of amides is 1. The molecule has 6 nitrogen and oxygen atoms in total. The van der Waals surface area contributed by atoms with E-state index in [0.717, 1.165) is 0 Å². The predicted molar refractivity (Wildman–Crippen MR) is 77.2 cm³/mol. The Hall–Kier alpha value is -1.12. The highest BCUT2D eigenvalue weighted by Gasteiger charge is 2.29. The highest BCUT2D eigenvalue weighted by molar-refractivity contribution is 9.10. The third kappa shape index (κ3) is 3.46. The van der Waals surface area contributed by atoms with Crippen LogP contribution in [0.3, 0.4) is 0 Å². The number of hydrogen-bond donors (Lipinski definition) is 2. The Balaban J connectivity index is 2.02. The molecule has 3 N–H and O–H groups in total. The van der Waals surface area contributed by atoms with Crippen molar-refractivity contribution in [2.75, 3.05) is 29.9 Å². The molecule has 0 unspecified atom stereocenters. The number of rotatable bonds is 3. The third-order valence-corrected chi connectivity index (χ3v) is 5.35. The molecule has 0 bridgehead atoms. The lowest BCUT2D eigenvalue weighted by Crippen LogP contribution is -2.34. The molecule has 0 atom stereocenters. The molecule has 104 valence electrons. The van der Waals surface area contributed by atoms with Gasteiger partial charge in [-0.15, -0.1) is 0 Å². The van der Waals surface area contributed by atoms with Crippen LogP contribution in [0.2, 0.25) is 0 Å². The molecule has 1 aliphatic rings. The first-order chi connectivity index (χ1) is 8.88. The van der Waals surface area contributed by atoms with E-state index in [9.17, 15) is 13.2 Å². The molecule has 1 aromatic rings. The monoisotopic (exact) mass is 347 g/mol. The molecular formula is C11H14BrN3O3S. The maximum Gasteiger partial charge on any atom is 0.239 e. The average molecular weight is 348 g/mol. The van der Waals surface area contributed by atoms with E-state index in [0.29, 0.717) is 28.8 Å². The van der Waals surface area contributed by atoms with Crippen LogP contribution in [0.15, 0.2) is 22.7 Å². The summed E-state index contributed by atoms with van der Waals surface area (Å²) < 4.78 is 25.0. The van der Waals surface area contributed by atoms with Crippen molar-refractivity contribution in [3.8, 4) is 0 Å². The lowest BCUT2D eigenvalue weighted by Gasteiger charge is -2.14. The number of carbonyl (C=O) groups is 1. The van der Waals surface area contributed by atoms with Crippen LogP contribution in [0.25, 0.3) is 0 Å². The molecule has 2 rings (SSSR count). The van der Waals surface area contributed by atoms with Crippen LogP contribution in [0.5, 0.6) is 0 Å². The molecule has 1 fully saturated rings. The van der Waals surface area contributed by atoms with Gasteiger partial charge in [0.25, 0.3) is 0 Å². The van der Waals surface area contributed by atoms with Gasteiger partial charge in [0.05, 0.1) is 18.0 Å². The predicted octanol–water partition coefficient (Wildman–Crippen LogP) is 1.01. The summed E-state index contributed by atoms with van der Waals surface area (Å²) in [6.07, 6.45) is 0.571. The van der Waals surface area contributed by atoms with Crippen molar-refractivity contribution in [3.63, 3.8) is 0 Å². The maximum absolute atomic E-state index is 11.8. The van der Waals surface area contributed by atoms with E-state index >= 15 is 0 Å². The minimum absolute atomic E-state index is 0.117. The van der Waals surface area contributed by atoms with Gasteiger partial charge in [0, 0.05) is 16.7 Å². The minimum Gasteiger partial charge on any atom is -0.399 e. The molecular weight excluding hydrogens is 334 g/mol. The summed E-state index contributed by atoms with van der Waals surface area (Å²) in [5.74, 6) is -0.248. The van der Waals surface area contributed by atoms with E-state index in [1.54, 1.807) is 18.2 Å². The summed E-state index contributed by atoms with van der Waals surface area (Å²) in [5, 5.41) is 2.65. The number of nitrogens with zero attached hydrogens (tertiary/aromatic N) is 1. The van der Waals surface area contributed by atoms with Crippen molar-refractivity contribution in [1.82, 2.24) is 4.31 Å². The molecule has 0 saturated carbocycles. The zero-order valence-corrected chi connectivity index (χ0v) is 12.5. The Morgan fingerprint density at radius 2 is 2.21 bits per heavy atom. The van der Waals surface area contributed by atoms with E-state index < -0.39 is 10.0 Å². The van der Waals surface area contributed by atoms with E-state index in [4.69, 9.17) is 5.73 Å². The number of anilines is 2. The van der Waals surface area contributed by atoms with Crippen LogP contribution >= 0.6 is 15.9 Å². The summed E-state index contributed by atoms with van der Waals surface area (Å²) in [7, 11) is -3.25. The minimum atomic E-state index is -3.25. The smallest absolute Gasteiger partial charge is 0.239 e. The van der Waals surface area contributed by atoms with Crippen LogP contribution in [-0.4, -0.2) is 37.5 Å². The molecule has 0 aromatic heterocycles. The lowest BCUT2D eigenvalue weighted by atomic mass is 10.3. The molecule has 0 radical (unpaired) electrons.